The molecule has 2 heterocycles. The molecule has 2 rings (SSSR count). The van der Waals surface area contributed by atoms with Crippen LogP contribution in [0.3, 0.4) is 0 Å². The van der Waals surface area contributed by atoms with E-state index in [1.807, 2.05) is 23.7 Å². The fraction of sp³-hybridized carbons (Fsp3) is 0.417. The molecule has 0 atom stereocenters. The third-order valence-electron chi connectivity index (χ3n) is 2.65. The molecule has 6 nitrogen and oxygen atoms in total. The maximum absolute atomic E-state index is 11.1. The van der Waals surface area contributed by atoms with E-state index in [2.05, 4.69) is 20.3 Å². The van der Waals surface area contributed by atoms with E-state index in [9.17, 15) is 4.79 Å². The Morgan fingerprint density at radius 3 is 2.89 bits per heavy atom. The van der Waals surface area contributed by atoms with Crippen molar-refractivity contribution in [2.75, 3.05) is 7.11 Å². The van der Waals surface area contributed by atoms with Crippen molar-refractivity contribution in [1.29, 1.82) is 0 Å². The average Bonchev–Trinajstić information content (AvgIpc) is 3.00. The minimum Gasteiger partial charge on any atom is -0.469 e. The number of aromatic nitrogens is 3. The Morgan fingerprint density at radius 2 is 2.21 bits per heavy atom. The highest BCUT2D eigenvalue weighted by Crippen LogP contribution is 2.17. The molecule has 2 aromatic heterocycles. The number of esters is 1. The van der Waals surface area contributed by atoms with Crippen molar-refractivity contribution in [1.82, 2.24) is 20.1 Å². The summed E-state index contributed by atoms with van der Waals surface area (Å²) in [5.74, 6) is 0.687. The normalized spacial score (nSPS) is 10.6. The first-order valence-corrected chi connectivity index (χ1v) is 6.68. The van der Waals surface area contributed by atoms with Gasteiger partial charge in [-0.05, 0) is 12.1 Å². The summed E-state index contributed by atoms with van der Waals surface area (Å²) in [6.45, 7) is 1.42. The molecule has 0 saturated heterocycles. The predicted octanol–water partition coefficient (Wildman–Crippen LogP) is 0.882. The van der Waals surface area contributed by atoms with Gasteiger partial charge in [0, 0.05) is 23.3 Å². The Kier molecular flexibility index (Phi) is 4.64. The van der Waals surface area contributed by atoms with Gasteiger partial charge in [-0.15, -0.1) is 21.5 Å². The summed E-state index contributed by atoms with van der Waals surface area (Å²) < 4.78 is 6.52. The molecule has 1 N–H and O–H groups in total. The summed E-state index contributed by atoms with van der Waals surface area (Å²) >= 11 is 1.61. The van der Waals surface area contributed by atoms with Crippen LogP contribution in [0.25, 0.3) is 0 Å². The van der Waals surface area contributed by atoms with Crippen molar-refractivity contribution in [2.24, 2.45) is 7.05 Å². The van der Waals surface area contributed by atoms with Crippen LogP contribution in [0, 0.1) is 0 Å². The third kappa shape index (κ3) is 3.87. The van der Waals surface area contributed by atoms with Gasteiger partial charge in [0.1, 0.15) is 12.2 Å². The number of nitrogens with zero attached hydrogens (tertiary/aromatic N) is 3. The summed E-state index contributed by atoms with van der Waals surface area (Å²) in [6, 6.07) is 3.98. The molecule has 0 bridgehead atoms. The zero-order valence-corrected chi connectivity index (χ0v) is 11.7. The van der Waals surface area contributed by atoms with Crippen LogP contribution in [0.5, 0.6) is 0 Å². The monoisotopic (exact) mass is 280 g/mol. The molecule has 0 aliphatic carbocycles. The highest BCUT2D eigenvalue weighted by Gasteiger charge is 2.06. The van der Waals surface area contributed by atoms with Crippen molar-refractivity contribution in [3.63, 3.8) is 0 Å². The highest BCUT2D eigenvalue weighted by atomic mass is 32.1. The molecule has 0 spiro atoms. The zero-order valence-electron chi connectivity index (χ0n) is 10.9. The van der Waals surface area contributed by atoms with Gasteiger partial charge in [-0.1, -0.05) is 0 Å². The average molecular weight is 280 g/mol. The lowest BCUT2D eigenvalue weighted by Gasteiger charge is -2.02. The first-order valence-electron chi connectivity index (χ1n) is 5.87. The molecule has 2 aromatic rings. The van der Waals surface area contributed by atoms with Gasteiger partial charge in [-0.2, -0.15) is 0 Å². The van der Waals surface area contributed by atoms with Crippen LogP contribution in [0.2, 0.25) is 0 Å². The molecular formula is C12H16N4O2S. The SMILES string of the molecule is COC(=O)Cc1ccc(CNCc2nncn2C)s1. The maximum atomic E-state index is 11.1. The van der Waals surface area contributed by atoms with Gasteiger partial charge in [-0.25, -0.2) is 0 Å². The summed E-state index contributed by atoms with van der Waals surface area (Å²) in [6.07, 6.45) is 2.01. The van der Waals surface area contributed by atoms with Crippen LogP contribution in [0.15, 0.2) is 18.5 Å². The fourth-order valence-corrected chi connectivity index (χ4v) is 2.56. The number of ether oxygens (including phenoxy) is 1. The molecule has 0 radical (unpaired) electrons. The Morgan fingerprint density at radius 1 is 1.42 bits per heavy atom. The number of nitrogens with one attached hydrogen (secondary N) is 1. The maximum Gasteiger partial charge on any atom is 0.310 e. The minimum atomic E-state index is -0.208. The smallest absolute Gasteiger partial charge is 0.310 e. The number of carbonyl (C=O) groups excluding carboxylic acids is 1. The molecule has 0 amide bonds. The number of thiophene rings is 1. The van der Waals surface area contributed by atoms with Crippen LogP contribution in [-0.4, -0.2) is 27.8 Å². The number of carbonyl (C=O) groups is 1. The molecule has 0 fully saturated rings. The van der Waals surface area contributed by atoms with Crippen molar-refractivity contribution in [2.45, 2.75) is 19.5 Å². The quantitative estimate of drug-likeness (QED) is 0.796. The highest BCUT2D eigenvalue weighted by molar-refractivity contribution is 7.12. The molecule has 0 aliphatic heterocycles. The number of methoxy groups -OCH3 is 1. The second-order valence-corrected chi connectivity index (χ2v) is 5.34. The van der Waals surface area contributed by atoms with Crippen molar-refractivity contribution in [3.05, 3.63) is 34.0 Å². The second kappa shape index (κ2) is 6.44. The molecule has 0 aliphatic rings. The largest absolute Gasteiger partial charge is 0.469 e. The molecular weight excluding hydrogens is 264 g/mol. The van der Waals surface area contributed by atoms with E-state index in [0.29, 0.717) is 13.0 Å². The summed E-state index contributed by atoms with van der Waals surface area (Å²) in [7, 11) is 3.32. The Labute approximate surface area is 115 Å². The van der Waals surface area contributed by atoms with E-state index in [4.69, 9.17) is 0 Å². The van der Waals surface area contributed by atoms with Crippen LogP contribution in [0.1, 0.15) is 15.6 Å². The number of rotatable bonds is 6. The molecule has 0 aromatic carbocycles. The molecule has 102 valence electrons. The number of hydrogen-bond acceptors (Lipinski definition) is 6. The summed E-state index contributed by atoms with van der Waals surface area (Å²) in [5.41, 5.74) is 0. The molecule has 0 unspecified atom stereocenters. The Balaban J connectivity index is 1.80. The topological polar surface area (TPSA) is 69.0 Å². The van der Waals surface area contributed by atoms with Crippen LogP contribution >= 0.6 is 11.3 Å². The van der Waals surface area contributed by atoms with E-state index in [1.54, 1.807) is 17.7 Å². The Hall–Kier alpha value is -1.73. The number of hydrogen-bond donors (Lipinski definition) is 1. The summed E-state index contributed by atoms with van der Waals surface area (Å²) in [4.78, 5) is 13.3. The van der Waals surface area contributed by atoms with E-state index in [1.165, 1.54) is 12.0 Å². The van der Waals surface area contributed by atoms with Gasteiger partial charge in [0.05, 0.1) is 20.1 Å². The van der Waals surface area contributed by atoms with E-state index >= 15 is 0 Å². The molecule has 19 heavy (non-hydrogen) atoms. The first kappa shape index (κ1) is 13.7. The van der Waals surface area contributed by atoms with Crippen LogP contribution < -0.4 is 5.32 Å². The van der Waals surface area contributed by atoms with Crippen molar-refractivity contribution >= 4 is 17.3 Å². The molecule has 7 heteroatoms. The van der Waals surface area contributed by atoms with Gasteiger partial charge in [0.25, 0.3) is 0 Å². The van der Waals surface area contributed by atoms with Crippen molar-refractivity contribution in [3.8, 4) is 0 Å². The van der Waals surface area contributed by atoms with Gasteiger partial charge < -0.3 is 14.6 Å². The third-order valence-corrected chi connectivity index (χ3v) is 3.74. The van der Waals surface area contributed by atoms with Crippen molar-refractivity contribution < 1.29 is 9.53 Å². The van der Waals surface area contributed by atoms with Gasteiger partial charge >= 0.3 is 5.97 Å². The van der Waals surface area contributed by atoms with E-state index in [0.717, 1.165) is 17.2 Å². The minimum absolute atomic E-state index is 0.208. The second-order valence-electron chi connectivity index (χ2n) is 4.08. The van der Waals surface area contributed by atoms with Gasteiger partial charge in [0.2, 0.25) is 0 Å². The lowest BCUT2D eigenvalue weighted by Crippen LogP contribution is -2.15. The summed E-state index contributed by atoms with van der Waals surface area (Å²) in [5, 5.41) is 11.1. The zero-order chi connectivity index (χ0) is 13.7. The standard InChI is InChI=1S/C12H16N4O2S/c1-16-8-14-15-11(16)7-13-6-10-4-3-9(19-10)5-12(17)18-2/h3-4,8,13H,5-7H2,1-2H3. The van der Waals surface area contributed by atoms with Crippen LogP contribution in [0.4, 0.5) is 0 Å². The molecule has 0 saturated carbocycles. The van der Waals surface area contributed by atoms with Gasteiger partial charge in [0.15, 0.2) is 0 Å². The Bertz CT molecular complexity index is 549. The lowest BCUT2D eigenvalue weighted by atomic mass is 10.3. The van der Waals surface area contributed by atoms with E-state index in [-0.39, 0.29) is 5.97 Å². The van der Waals surface area contributed by atoms with Gasteiger partial charge in [-0.3, -0.25) is 4.79 Å². The van der Waals surface area contributed by atoms with Crippen LogP contribution in [-0.2, 0) is 36.1 Å². The fourth-order valence-electron chi connectivity index (χ4n) is 1.59. The first-order chi connectivity index (χ1) is 9.19. The predicted molar refractivity (Wildman–Crippen MR) is 71.6 cm³/mol. The number of aryl methyl sites for hydroxylation is 1. The lowest BCUT2D eigenvalue weighted by molar-refractivity contribution is -0.139. The van der Waals surface area contributed by atoms with E-state index < -0.39 is 0 Å².